The lowest BCUT2D eigenvalue weighted by atomic mass is 10.2. The Kier molecular flexibility index (Phi) is 4.27. The van der Waals surface area contributed by atoms with Crippen molar-refractivity contribution < 1.29 is 4.74 Å². The van der Waals surface area contributed by atoms with Crippen molar-refractivity contribution in [3.63, 3.8) is 0 Å². The Labute approximate surface area is 135 Å². The molecule has 0 amide bonds. The smallest absolute Gasteiger partial charge is 0.297 e. The minimum Gasteiger partial charge on any atom is -0.464 e. The monoisotopic (exact) mass is 335 g/mol. The SMILES string of the molecule is O=c1[nH]c(OCCc2ccc(Cl)c(Cl)c2)nc2cnccc12. The van der Waals surface area contributed by atoms with Gasteiger partial charge >= 0.3 is 0 Å². The van der Waals surface area contributed by atoms with Gasteiger partial charge in [0.1, 0.15) is 0 Å². The zero-order valence-corrected chi connectivity index (χ0v) is 12.9. The van der Waals surface area contributed by atoms with Crippen molar-refractivity contribution >= 4 is 34.1 Å². The summed E-state index contributed by atoms with van der Waals surface area (Å²) in [5.41, 5.74) is 1.23. The van der Waals surface area contributed by atoms with Crippen LogP contribution in [0.1, 0.15) is 5.56 Å². The van der Waals surface area contributed by atoms with Crippen molar-refractivity contribution in [1.82, 2.24) is 15.0 Å². The third kappa shape index (κ3) is 3.21. The van der Waals surface area contributed by atoms with E-state index in [-0.39, 0.29) is 11.6 Å². The van der Waals surface area contributed by atoms with Crippen molar-refractivity contribution in [3.05, 3.63) is 62.6 Å². The zero-order chi connectivity index (χ0) is 15.5. The van der Waals surface area contributed by atoms with Crippen molar-refractivity contribution in [2.75, 3.05) is 6.61 Å². The number of halogens is 2. The first-order valence-corrected chi connectivity index (χ1v) is 7.30. The summed E-state index contributed by atoms with van der Waals surface area (Å²) in [5, 5.41) is 1.49. The maximum atomic E-state index is 11.9. The molecule has 0 spiro atoms. The molecule has 0 aliphatic heterocycles. The molecular weight excluding hydrogens is 325 g/mol. The molecule has 0 atom stereocenters. The van der Waals surface area contributed by atoms with E-state index in [1.54, 1.807) is 24.4 Å². The number of aromatic nitrogens is 3. The third-order valence-electron chi connectivity index (χ3n) is 3.10. The Hall–Kier alpha value is -2.11. The Morgan fingerprint density at radius 3 is 2.86 bits per heavy atom. The molecule has 0 saturated carbocycles. The molecule has 0 aliphatic rings. The number of H-pyrrole nitrogens is 1. The molecule has 5 nitrogen and oxygen atoms in total. The van der Waals surface area contributed by atoms with Crippen LogP contribution in [0.15, 0.2) is 41.5 Å². The van der Waals surface area contributed by atoms with Crippen LogP contribution in [-0.4, -0.2) is 21.6 Å². The minimum absolute atomic E-state index is 0.172. The maximum Gasteiger partial charge on any atom is 0.297 e. The summed E-state index contributed by atoms with van der Waals surface area (Å²) in [7, 11) is 0. The first-order chi connectivity index (χ1) is 10.6. The first-order valence-electron chi connectivity index (χ1n) is 6.54. The van der Waals surface area contributed by atoms with Crippen molar-refractivity contribution in [3.8, 4) is 6.01 Å². The number of ether oxygens (including phenoxy) is 1. The lowest BCUT2D eigenvalue weighted by Crippen LogP contribution is -2.12. The van der Waals surface area contributed by atoms with Gasteiger partial charge in [-0.15, -0.1) is 0 Å². The van der Waals surface area contributed by atoms with Crippen LogP contribution in [0.2, 0.25) is 10.0 Å². The molecule has 3 rings (SSSR count). The molecule has 0 aliphatic carbocycles. The summed E-state index contributed by atoms with van der Waals surface area (Å²) >= 11 is 11.8. The topological polar surface area (TPSA) is 67.9 Å². The molecule has 3 aromatic rings. The summed E-state index contributed by atoms with van der Waals surface area (Å²) in [6.45, 7) is 0.354. The summed E-state index contributed by atoms with van der Waals surface area (Å²) in [6.07, 6.45) is 3.69. The normalized spacial score (nSPS) is 10.8. The molecule has 1 N–H and O–H groups in total. The lowest BCUT2D eigenvalue weighted by molar-refractivity contribution is 0.296. The second-order valence-electron chi connectivity index (χ2n) is 4.61. The Bertz CT molecular complexity index is 880. The van der Waals surface area contributed by atoms with Crippen LogP contribution in [0.5, 0.6) is 6.01 Å². The van der Waals surface area contributed by atoms with Gasteiger partial charge in [-0.25, -0.2) is 0 Å². The number of nitrogens with zero attached hydrogens (tertiary/aromatic N) is 2. The van der Waals surface area contributed by atoms with Gasteiger partial charge < -0.3 is 4.74 Å². The Balaban J connectivity index is 1.71. The Morgan fingerprint density at radius 1 is 1.18 bits per heavy atom. The molecule has 0 fully saturated rings. The number of hydrogen-bond acceptors (Lipinski definition) is 4. The fourth-order valence-electron chi connectivity index (χ4n) is 2.00. The van der Waals surface area contributed by atoms with Crippen LogP contribution in [0.25, 0.3) is 10.9 Å². The summed E-state index contributed by atoms with van der Waals surface area (Å²) < 4.78 is 5.50. The highest BCUT2D eigenvalue weighted by atomic mass is 35.5. The summed E-state index contributed by atoms with van der Waals surface area (Å²) in [6, 6.07) is 7.18. The highest BCUT2D eigenvalue weighted by Gasteiger charge is 2.05. The zero-order valence-electron chi connectivity index (χ0n) is 11.3. The molecule has 0 bridgehead atoms. The van der Waals surface area contributed by atoms with Gasteiger partial charge in [0.2, 0.25) is 0 Å². The number of nitrogens with one attached hydrogen (secondary N) is 1. The molecule has 0 radical (unpaired) electrons. The number of rotatable bonds is 4. The van der Waals surface area contributed by atoms with E-state index in [2.05, 4.69) is 15.0 Å². The van der Waals surface area contributed by atoms with E-state index in [0.29, 0.717) is 34.0 Å². The number of aromatic amines is 1. The number of pyridine rings is 1. The van der Waals surface area contributed by atoms with Gasteiger partial charge in [0, 0.05) is 12.6 Å². The lowest BCUT2D eigenvalue weighted by Gasteiger charge is -2.06. The average Bonchev–Trinajstić information content (AvgIpc) is 2.51. The second-order valence-corrected chi connectivity index (χ2v) is 5.43. The molecule has 22 heavy (non-hydrogen) atoms. The largest absolute Gasteiger partial charge is 0.464 e. The highest BCUT2D eigenvalue weighted by Crippen LogP contribution is 2.22. The van der Waals surface area contributed by atoms with E-state index in [4.69, 9.17) is 27.9 Å². The third-order valence-corrected chi connectivity index (χ3v) is 3.84. The maximum absolute atomic E-state index is 11.9. The molecule has 1 aromatic carbocycles. The fraction of sp³-hybridized carbons (Fsp3) is 0.133. The molecule has 0 unspecified atom stereocenters. The van der Waals surface area contributed by atoms with Crippen molar-refractivity contribution in [2.24, 2.45) is 0 Å². The molecule has 112 valence electrons. The van der Waals surface area contributed by atoms with Gasteiger partial charge in [-0.05, 0) is 23.8 Å². The predicted molar refractivity (Wildman–Crippen MR) is 85.8 cm³/mol. The van der Waals surface area contributed by atoms with Gasteiger partial charge in [-0.2, -0.15) is 4.98 Å². The van der Waals surface area contributed by atoms with Crippen LogP contribution in [-0.2, 0) is 6.42 Å². The summed E-state index contributed by atoms with van der Waals surface area (Å²) in [4.78, 5) is 22.6. The fourth-order valence-corrected chi connectivity index (χ4v) is 2.32. The quantitative estimate of drug-likeness (QED) is 0.794. The van der Waals surface area contributed by atoms with E-state index >= 15 is 0 Å². The van der Waals surface area contributed by atoms with Crippen molar-refractivity contribution in [1.29, 1.82) is 0 Å². The van der Waals surface area contributed by atoms with Gasteiger partial charge in [-0.1, -0.05) is 29.3 Å². The molecule has 2 aromatic heterocycles. The predicted octanol–water partition coefficient (Wildman–Crippen LogP) is 3.25. The first kappa shape index (κ1) is 14.8. The van der Waals surface area contributed by atoms with E-state index in [1.807, 2.05) is 6.07 Å². The van der Waals surface area contributed by atoms with Gasteiger partial charge in [-0.3, -0.25) is 14.8 Å². The van der Waals surface area contributed by atoms with Gasteiger partial charge in [0.25, 0.3) is 11.6 Å². The molecule has 2 heterocycles. The van der Waals surface area contributed by atoms with Crippen LogP contribution < -0.4 is 10.3 Å². The standard InChI is InChI=1S/C15H11Cl2N3O2/c16-11-2-1-9(7-12(11)17)4-6-22-15-19-13-8-18-5-3-10(13)14(21)20-15/h1-3,5,7-8H,4,6H2,(H,19,20,21). The number of benzene rings is 1. The van der Waals surface area contributed by atoms with E-state index in [1.165, 1.54) is 6.20 Å². The molecule has 7 heteroatoms. The van der Waals surface area contributed by atoms with Gasteiger partial charge in [0.05, 0.1) is 33.8 Å². The van der Waals surface area contributed by atoms with Crippen LogP contribution in [0.4, 0.5) is 0 Å². The second kappa shape index (κ2) is 6.34. The number of hydrogen-bond donors (Lipinski definition) is 1. The minimum atomic E-state index is -0.253. The van der Waals surface area contributed by atoms with Crippen LogP contribution in [0.3, 0.4) is 0 Å². The van der Waals surface area contributed by atoms with E-state index in [0.717, 1.165) is 5.56 Å². The molecule has 0 saturated heterocycles. The molecular formula is C15H11Cl2N3O2. The van der Waals surface area contributed by atoms with E-state index in [9.17, 15) is 4.79 Å². The van der Waals surface area contributed by atoms with Crippen LogP contribution >= 0.6 is 23.2 Å². The highest BCUT2D eigenvalue weighted by molar-refractivity contribution is 6.42. The summed E-state index contributed by atoms with van der Waals surface area (Å²) in [5.74, 6) is 0. The average molecular weight is 336 g/mol. The van der Waals surface area contributed by atoms with E-state index < -0.39 is 0 Å². The Morgan fingerprint density at radius 2 is 2.05 bits per heavy atom. The van der Waals surface area contributed by atoms with Gasteiger partial charge in [0.15, 0.2) is 0 Å². The number of fused-ring (bicyclic) bond motifs is 1. The van der Waals surface area contributed by atoms with Crippen molar-refractivity contribution in [2.45, 2.75) is 6.42 Å². The van der Waals surface area contributed by atoms with Crippen LogP contribution in [0, 0.1) is 0 Å².